The molecule has 1 aromatic carbocycles. The Morgan fingerprint density at radius 2 is 1.56 bits per heavy atom. The number of nitrogens with zero attached hydrogens (tertiary/aromatic N) is 3. The molecular formula is C11H10F2N4O6S2. The molecule has 2 aromatic rings. The van der Waals surface area contributed by atoms with E-state index in [1.54, 1.807) is 0 Å². The molecule has 2 N–H and O–H groups in total. The molecule has 136 valence electrons. The van der Waals surface area contributed by atoms with Crippen molar-refractivity contribution in [3.05, 3.63) is 36.4 Å². The minimum absolute atomic E-state index is 0.162. The second-order valence-electron chi connectivity index (χ2n) is 4.42. The number of anilines is 2. The van der Waals surface area contributed by atoms with Crippen LogP contribution in [0, 0.1) is 12.2 Å². The topological polar surface area (TPSA) is 148 Å². The predicted molar refractivity (Wildman–Crippen MR) is 79.0 cm³/mol. The minimum atomic E-state index is -4.73. The Morgan fingerprint density at radius 1 is 1.00 bits per heavy atom. The number of benzene rings is 1. The van der Waals surface area contributed by atoms with Crippen LogP contribution in [-0.4, -0.2) is 48.7 Å². The van der Waals surface area contributed by atoms with Crippen molar-refractivity contribution in [2.45, 2.75) is 4.90 Å². The summed E-state index contributed by atoms with van der Waals surface area (Å²) < 4.78 is 82.7. The lowest BCUT2D eigenvalue weighted by molar-refractivity contribution is 0.284. The van der Waals surface area contributed by atoms with E-state index < -0.39 is 50.7 Å². The van der Waals surface area contributed by atoms with Crippen molar-refractivity contribution >= 4 is 31.9 Å². The fourth-order valence-corrected chi connectivity index (χ4v) is 3.11. The van der Waals surface area contributed by atoms with Gasteiger partial charge in [0.25, 0.3) is 0 Å². The molecule has 2 rings (SSSR count). The van der Waals surface area contributed by atoms with Gasteiger partial charge in [0, 0.05) is 5.69 Å². The van der Waals surface area contributed by atoms with Gasteiger partial charge in [-0.1, -0.05) is 0 Å². The second kappa shape index (κ2) is 7.30. The molecule has 0 radical (unpaired) electrons. The largest absolute Gasteiger partial charge is 0.397 e. The number of nitrogens with one attached hydrogen (secondary N) is 1. The maximum absolute atomic E-state index is 12.9. The van der Waals surface area contributed by atoms with Gasteiger partial charge in [-0.15, -0.1) is 0 Å². The van der Waals surface area contributed by atoms with Gasteiger partial charge in [-0.25, -0.2) is 12.6 Å². The number of hydrogen-bond donors (Lipinski definition) is 2. The zero-order chi connectivity index (χ0) is 18.7. The normalized spacial score (nSPS) is 12.1. The molecule has 1 heterocycles. The summed E-state index contributed by atoms with van der Waals surface area (Å²) >= 11 is 0. The van der Waals surface area contributed by atoms with E-state index in [0.717, 1.165) is 0 Å². The average molecular weight is 396 g/mol. The van der Waals surface area contributed by atoms with Gasteiger partial charge < -0.3 is 5.32 Å². The summed E-state index contributed by atoms with van der Waals surface area (Å²) in [5.41, 5.74) is 0.234. The fraction of sp³-hybridized carbons (Fsp3) is 0.182. The summed E-state index contributed by atoms with van der Waals surface area (Å²) in [6, 6.07) is 4.88. The summed E-state index contributed by atoms with van der Waals surface area (Å²) in [4.78, 5) is 8.98. The molecule has 0 aliphatic heterocycles. The van der Waals surface area contributed by atoms with E-state index in [0.29, 0.717) is 0 Å². The molecule has 0 saturated carbocycles. The van der Waals surface area contributed by atoms with Crippen LogP contribution in [-0.2, 0) is 24.4 Å². The first-order valence-electron chi connectivity index (χ1n) is 6.34. The van der Waals surface area contributed by atoms with Gasteiger partial charge >= 0.3 is 22.6 Å². The lowest BCUT2D eigenvalue weighted by Gasteiger charge is -2.07. The van der Waals surface area contributed by atoms with Crippen LogP contribution in [0.4, 0.5) is 20.4 Å². The number of rotatable bonds is 7. The molecular weight excluding hydrogens is 386 g/mol. The first-order chi connectivity index (χ1) is 11.5. The molecule has 10 nitrogen and oxygen atoms in total. The van der Waals surface area contributed by atoms with Crippen LogP contribution in [0.25, 0.3) is 0 Å². The molecule has 0 atom stereocenters. The molecule has 0 aliphatic rings. The van der Waals surface area contributed by atoms with Crippen LogP contribution in [0.15, 0.2) is 29.2 Å². The molecule has 0 bridgehead atoms. The van der Waals surface area contributed by atoms with Crippen molar-refractivity contribution in [3.8, 4) is 0 Å². The Kier molecular flexibility index (Phi) is 5.56. The van der Waals surface area contributed by atoms with Gasteiger partial charge in [0.05, 0.1) is 17.3 Å². The third kappa shape index (κ3) is 5.93. The van der Waals surface area contributed by atoms with Gasteiger partial charge in [-0.2, -0.15) is 32.2 Å². The summed E-state index contributed by atoms with van der Waals surface area (Å²) in [5.74, 6) is -1.11. The molecule has 0 aliphatic carbocycles. The Labute approximate surface area is 140 Å². The molecule has 0 saturated heterocycles. The molecule has 14 heteroatoms. The van der Waals surface area contributed by atoms with Gasteiger partial charge in [-0.05, 0) is 24.3 Å². The van der Waals surface area contributed by atoms with Crippen molar-refractivity contribution in [1.29, 1.82) is 0 Å². The van der Waals surface area contributed by atoms with E-state index >= 15 is 0 Å². The van der Waals surface area contributed by atoms with E-state index in [1.165, 1.54) is 24.3 Å². The number of halogens is 2. The molecule has 1 aromatic heterocycles. The highest BCUT2D eigenvalue weighted by Crippen LogP contribution is 2.18. The number of sulfone groups is 1. The fourth-order valence-electron chi connectivity index (χ4n) is 1.62. The smallest absolute Gasteiger partial charge is 0.324 e. The number of aromatic nitrogens is 3. The molecule has 25 heavy (non-hydrogen) atoms. The van der Waals surface area contributed by atoms with Crippen LogP contribution in [0.2, 0.25) is 0 Å². The van der Waals surface area contributed by atoms with Crippen LogP contribution >= 0.6 is 0 Å². The van der Waals surface area contributed by atoms with Crippen molar-refractivity contribution in [3.63, 3.8) is 0 Å². The molecule has 0 spiro atoms. The van der Waals surface area contributed by atoms with Crippen molar-refractivity contribution in [1.82, 2.24) is 15.0 Å². The summed E-state index contributed by atoms with van der Waals surface area (Å²) in [6.07, 6.45) is -2.65. The third-order valence-electron chi connectivity index (χ3n) is 2.63. The lowest BCUT2D eigenvalue weighted by atomic mass is 10.3. The maximum Gasteiger partial charge on any atom is 0.397 e. The first kappa shape index (κ1) is 19.0. The van der Waals surface area contributed by atoms with E-state index in [9.17, 15) is 25.6 Å². The third-order valence-corrected chi connectivity index (χ3v) is 4.79. The summed E-state index contributed by atoms with van der Waals surface area (Å²) in [7, 11) is -8.61. The Morgan fingerprint density at radius 3 is 2.08 bits per heavy atom. The molecule has 0 unspecified atom stereocenters. The monoisotopic (exact) mass is 396 g/mol. The van der Waals surface area contributed by atoms with Crippen molar-refractivity contribution in [2.75, 3.05) is 17.7 Å². The average Bonchev–Trinajstić information content (AvgIpc) is 2.45. The zero-order valence-electron chi connectivity index (χ0n) is 12.1. The van der Waals surface area contributed by atoms with Gasteiger partial charge in [0.15, 0.2) is 9.84 Å². The van der Waals surface area contributed by atoms with Gasteiger partial charge in [0.2, 0.25) is 5.95 Å². The predicted octanol–water partition coefficient (Wildman–Crippen LogP) is 0.486. The minimum Gasteiger partial charge on any atom is -0.324 e. The molecule has 0 fully saturated rings. The number of hydrogen-bond acceptors (Lipinski definition) is 9. The SMILES string of the molecule is O=S(=O)(O)OCCS(=O)(=O)c1ccc(Nc2nc(F)nc(F)n2)cc1. The van der Waals surface area contributed by atoms with E-state index in [1.807, 2.05) is 0 Å². The van der Waals surface area contributed by atoms with Crippen molar-refractivity contribution in [2.24, 2.45) is 0 Å². The highest BCUT2D eigenvalue weighted by molar-refractivity contribution is 7.91. The van der Waals surface area contributed by atoms with E-state index in [2.05, 4.69) is 24.5 Å². The Bertz CT molecular complexity index is 946. The Hall–Kier alpha value is -2.29. The molecule has 0 amide bonds. The van der Waals surface area contributed by atoms with Gasteiger partial charge in [-0.3, -0.25) is 4.55 Å². The van der Waals surface area contributed by atoms with E-state index in [-0.39, 0.29) is 10.6 Å². The summed E-state index contributed by atoms with van der Waals surface area (Å²) in [6.45, 7) is -0.759. The van der Waals surface area contributed by atoms with Crippen LogP contribution in [0.5, 0.6) is 0 Å². The summed E-state index contributed by atoms with van der Waals surface area (Å²) in [5, 5.41) is 2.45. The highest BCUT2D eigenvalue weighted by Gasteiger charge is 2.16. The van der Waals surface area contributed by atoms with Gasteiger partial charge in [0.1, 0.15) is 0 Å². The first-order valence-corrected chi connectivity index (χ1v) is 9.36. The quantitative estimate of drug-likeness (QED) is 0.633. The standard InChI is InChI=1S/C11H10F2N4O6S2/c12-9-15-10(13)17-11(16-9)14-7-1-3-8(4-2-7)24(18,19)6-5-23-25(20,21)22/h1-4H,5-6H2,(H,20,21,22)(H,14,15,16,17). The zero-order valence-corrected chi connectivity index (χ0v) is 13.8. The lowest BCUT2D eigenvalue weighted by Crippen LogP contribution is -2.15. The second-order valence-corrected chi connectivity index (χ2v) is 7.62. The Balaban J connectivity index is 2.08. The highest BCUT2D eigenvalue weighted by atomic mass is 32.3. The van der Waals surface area contributed by atoms with Crippen molar-refractivity contribution < 1.29 is 34.4 Å². The van der Waals surface area contributed by atoms with E-state index in [4.69, 9.17) is 4.55 Å². The van der Waals surface area contributed by atoms with Crippen LogP contribution < -0.4 is 5.32 Å². The van der Waals surface area contributed by atoms with Crippen LogP contribution in [0.3, 0.4) is 0 Å². The van der Waals surface area contributed by atoms with Crippen LogP contribution in [0.1, 0.15) is 0 Å². The maximum atomic E-state index is 12.9.